The van der Waals surface area contributed by atoms with Gasteiger partial charge in [-0.05, 0) is 36.4 Å². The van der Waals surface area contributed by atoms with Crippen LogP contribution in [-0.2, 0) is 0 Å². The quantitative estimate of drug-likeness (QED) is 0.921. The Bertz CT molecular complexity index is 738. The van der Waals surface area contributed by atoms with Crippen LogP contribution in [0.4, 0.5) is 20.6 Å². The molecule has 0 saturated carbocycles. The molecule has 5 nitrogen and oxygen atoms in total. The van der Waals surface area contributed by atoms with Crippen LogP contribution in [0.15, 0.2) is 54.6 Å². The lowest BCUT2D eigenvalue weighted by Crippen LogP contribution is -2.64. The van der Waals surface area contributed by atoms with Crippen molar-refractivity contribution in [1.29, 1.82) is 0 Å². The van der Waals surface area contributed by atoms with Crippen LogP contribution in [0.25, 0.3) is 0 Å². The molecule has 0 bridgehead atoms. The zero-order chi connectivity index (χ0) is 17.9. The molecule has 2 fully saturated rings. The van der Waals surface area contributed by atoms with Gasteiger partial charge in [0.15, 0.2) is 0 Å². The Hall–Kier alpha value is -2.60. The number of rotatable bonds is 3. The fourth-order valence-electron chi connectivity index (χ4n) is 3.57. The van der Waals surface area contributed by atoms with Gasteiger partial charge < -0.3 is 15.1 Å². The summed E-state index contributed by atoms with van der Waals surface area (Å²) >= 11 is 0. The molecular weight excluding hydrogens is 331 g/mol. The minimum absolute atomic E-state index is 0.115. The number of piperazine rings is 1. The van der Waals surface area contributed by atoms with Crippen molar-refractivity contribution in [2.24, 2.45) is 0 Å². The molecule has 2 aliphatic rings. The largest absolute Gasteiger partial charge is 0.369 e. The summed E-state index contributed by atoms with van der Waals surface area (Å²) in [7, 11) is 0. The first-order valence-corrected chi connectivity index (χ1v) is 9.04. The molecule has 0 atom stereocenters. The lowest BCUT2D eigenvalue weighted by atomic mass is 10.1. The lowest BCUT2D eigenvalue weighted by molar-refractivity contribution is 0.0578. The standard InChI is InChI=1S/C20H23FN4O/c21-16-6-8-17(9-7-16)22-20(26)25-14-19(15-25)24-12-10-23(11-13-24)18-4-2-1-3-5-18/h1-9,19H,10-15H2,(H,22,26). The minimum Gasteiger partial charge on any atom is -0.369 e. The van der Waals surface area contributed by atoms with E-state index in [-0.39, 0.29) is 11.8 Å². The molecule has 0 aromatic heterocycles. The number of benzene rings is 2. The first-order valence-electron chi connectivity index (χ1n) is 9.04. The van der Waals surface area contributed by atoms with Gasteiger partial charge in [0.1, 0.15) is 5.82 Å². The lowest BCUT2D eigenvalue weighted by Gasteiger charge is -2.48. The summed E-state index contributed by atoms with van der Waals surface area (Å²) in [5, 5.41) is 2.82. The van der Waals surface area contributed by atoms with Gasteiger partial charge in [-0.2, -0.15) is 0 Å². The van der Waals surface area contributed by atoms with E-state index in [9.17, 15) is 9.18 Å². The van der Waals surface area contributed by atoms with Crippen LogP contribution in [0.1, 0.15) is 0 Å². The number of urea groups is 1. The number of nitrogens with one attached hydrogen (secondary N) is 1. The number of likely N-dealkylation sites (tertiary alicyclic amines) is 1. The Labute approximate surface area is 153 Å². The first kappa shape index (κ1) is 16.8. The van der Waals surface area contributed by atoms with Crippen LogP contribution in [-0.4, -0.2) is 61.1 Å². The average molecular weight is 354 g/mol. The van der Waals surface area contributed by atoms with Gasteiger partial charge in [-0.3, -0.25) is 4.90 Å². The molecule has 2 saturated heterocycles. The highest BCUT2D eigenvalue weighted by molar-refractivity contribution is 5.89. The molecule has 0 spiro atoms. The zero-order valence-corrected chi connectivity index (χ0v) is 14.6. The average Bonchev–Trinajstić information content (AvgIpc) is 2.64. The minimum atomic E-state index is -0.304. The molecular formula is C20H23FN4O. The normalized spacial score (nSPS) is 18.5. The molecule has 2 aromatic rings. The summed E-state index contributed by atoms with van der Waals surface area (Å²) < 4.78 is 12.9. The summed E-state index contributed by atoms with van der Waals surface area (Å²) in [6, 6.07) is 16.7. The van der Waals surface area contributed by atoms with Gasteiger partial charge in [-0.15, -0.1) is 0 Å². The van der Waals surface area contributed by atoms with E-state index < -0.39 is 0 Å². The molecule has 136 valence electrons. The molecule has 0 radical (unpaired) electrons. The molecule has 2 aromatic carbocycles. The number of anilines is 2. The second-order valence-corrected chi connectivity index (χ2v) is 6.85. The van der Waals surface area contributed by atoms with E-state index >= 15 is 0 Å². The Balaban J connectivity index is 1.23. The Morgan fingerprint density at radius 1 is 0.923 bits per heavy atom. The number of hydrogen-bond acceptors (Lipinski definition) is 3. The predicted molar refractivity (Wildman–Crippen MR) is 101 cm³/mol. The summed E-state index contributed by atoms with van der Waals surface area (Å²) in [5.74, 6) is -0.304. The van der Waals surface area contributed by atoms with Crippen LogP contribution in [0, 0.1) is 5.82 Å². The van der Waals surface area contributed by atoms with Crippen molar-refractivity contribution in [2.75, 3.05) is 49.5 Å². The number of halogens is 1. The van der Waals surface area contributed by atoms with E-state index in [1.54, 1.807) is 17.0 Å². The zero-order valence-electron chi connectivity index (χ0n) is 14.6. The van der Waals surface area contributed by atoms with Crippen molar-refractivity contribution in [3.63, 3.8) is 0 Å². The third kappa shape index (κ3) is 3.65. The van der Waals surface area contributed by atoms with Crippen molar-refractivity contribution in [1.82, 2.24) is 9.80 Å². The fourth-order valence-corrected chi connectivity index (χ4v) is 3.57. The van der Waals surface area contributed by atoms with Gasteiger partial charge in [0.05, 0.1) is 0 Å². The number of nitrogens with zero attached hydrogens (tertiary/aromatic N) is 3. The van der Waals surface area contributed by atoms with E-state index in [1.807, 2.05) is 6.07 Å². The molecule has 1 N–H and O–H groups in total. The smallest absolute Gasteiger partial charge is 0.321 e. The second kappa shape index (κ2) is 7.33. The Morgan fingerprint density at radius 3 is 2.23 bits per heavy atom. The number of hydrogen-bond donors (Lipinski definition) is 1. The van der Waals surface area contributed by atoms with Gasteiger partial charge in [0.25, 0.3) is 0 Å². The summed E-state index contributed by atoms with van der Waals surface area (Å²) in [5.41, 5.74) is 1.90. The van der Waals surface area contributed by atoms with Crippen LogP contribution in [0.2, 0.25) is 0 Å². The third-order valence-corrected chi connectivity index (χ3v) is 5.20. The van der Waals surface area contributed by atoms with Gasteiger partial charge in [-0.1, -0.05) is 18.2 Å². The van der Waals surface area contributed by atoms with Crippen molar-refractivity contribution in [2.45, 2.75) is 6.04 Å². The summed E-state index contributed by atoms with van der Waals surface area (Å²) in [4.78, 5) is 18.9. The van der Waals surface area contributed by atoms with E-state index in [0.717, 1.165) is 39.3 Å². The van der Waals surface area contributed by atoms with Gasteiger partial charge >= 0.3 is 6.03 Å². The van der Waals surface area contributed by atoms with Crippen molar-refractivity contribution >= 4 is 17.4 Å². The highest BCUT2D eigenvalue weighted by atomic mass is 19.1. The van der Waals surface area contributed by atoms with Gasteiger partial charge in [0.2, 0.25) is 0 Å². The van der Waals surface area contributed by atoms with Gasteiger partial charge in [-0.25, -0.2) is 9.18 Å². The molecule has 2 heterocycles. The van der Waals surface area contributed by atoms with Crippen molar-refractivity contribution < 1.29 is 9.18 Å². The molecule has 2 aliphatic heterocycles. The van der Waals surface area contributed by atoms with E-state index in [2.05, 4.69) is 39.4 Å². The number of carbonyl (C=O) groups excluding carboxylic acids is 1. The SMILES string of the molecule is O=C(Nc1ccc(F)cc1)N1CC(N2CCN(c3ccccc3)CC2)C1. The van der Waals surface area contributed by atoms with Crippen LogP contribution < -0.4 is 10.2 Å². The predicted octanol–water partition coefficient (Wildman–Crippen LogP) is 2.86. The molecule has 26 heavy (non-hydrogen) atoms. The highest BCUT2D eigenvalue weighted by Gasteiger charge is 2.36. The second-order valence-electron chi connectivity index (χ2n) is 6.85. The molecule has 4 rings (SSSR count). The molecule has 0 unspecified atom stereocenters. The number of carbonyl (C=O) groups is 1. The summed E-state index contributed by atoms with van der Waals surface area (Å²) in [6.45, 7) is 5.57. The van der Waals surface area contributed by atoms with Crippen LogP contribution >= 0.6 is 0 Å². The maximum atomic E-state index is 12.9. The molecule has 6 heteroatoms. The first-order chi connectivity index (χ1) is 12.7. The highest BCUT2D eigenvalue weighted by Crippen LogP contribution is 2.21. The van der Waals surface area contributed by atoms with Crippen LogP contribution in [0.3, 0.4) is 0 Å². The number of amides is 2. The maximum absolute atomic E-state index is 12.9. The maximum Gasteiger partial charge on any atom is 0.321 e. The van der Waals surface area contributed by atoms with Crippen LogP contribution in [0.5, 0.6) is 0 Å². The molecule has 0 aliphatic carbocycles. The summed E-state index contributed by atoms with van der Waals surface area (Å²) in [6.07, 6.45) is 0. The van der Waals surface area contributed by atoms with E-state index in [4.69, 9.17) is 0 Å². The Morgan fingerprint density at radius 2 is 1.58 bits per heavy atom. The monoisotopic (exact) mass is 354 g/mol. The van der Waals surface area contributed by atoms with E-state index in [1.165, 1.54) is 17.8 Å². The van der Waals surface area contributed by atoms with E-state index in [0.29, 0.717) is 11.7 Å². The van der Waals surface area contributed by atoms with Crippen molar-refractivity contribution in [3.05, 3.63) is 60.4 Å². The van der Waals surface area contributed by atoms with Gasteiger partial charge in [0, 0.05) is 56.7 Å². The van der Waals surface area contributed by atoms with Crippen molar-refractivity contribution in [3.8, 4) is 0 Å². The molecule has 2 amide bonds. The number of para-hydroxylation sites is 1. The topological polar surface area (TPSA) is 38.8 Å². The Kier molecular flexibility index (Phi) is 4.75. The fraction of sp³-hybridized carbons (Fsp3) is 0.350. The third-order valence-electron chi connectivity index (χ3n) is 5.20.